The smallest absolute Gasteiger partial charge is 0.225 e. The van der Waals surface area contributed by atoms with Gasteiger partial charge in [0.1, 0.15) is 0 Å². The maximum atomic E-state index is 12.7. The number of amides is 2. The summed E-state index contributed by atoms with van der Waals surface area (Å²) in [4.78, 5) is 28.8. The Morgan fingerprint density at radius 2 is 1.83 bits per heavy atom. The van der Waals surface area contributed by atoms with Crippen molar-refractivity contribution < 1.29 is 9.59 Å². The van der Waals surface area contributed by atoms with Crippen LogP contribution >= 0.6 is 0 Å². The van der Waals surface area contributed by atoms with Crippen molar-refractivity contribution >= 4 is 11.8 Å². The highest BCUT2D eigenvalue weighted by Gasteiger charge is 2.41. The van der Waals surface area contributed by atoms with Crippen molar-refractivity contribution in [3.05, 3.63) is 59.7 Å². The quantitative estimate of drug-likeness (QED) is 0.789. The van der Waals surface area contributed by atoms with Crippen LogP contribution in [-0.4, -0.2) is 48.3 Å². The molecule has 2 aromatic rings. The molecule has 1 unspecified atom stereocenters. The fourth-order valence-corrected chi connectivity index (χ4v) is 4.08. The van der Waals surface area contributed by atoms with Crippen LogP contribution in [0.3, 0.4) is 0 Å². The van der Waals surface area contributed by atoms with Gasteiger partial charge in [0.25, 0.3) is 0 Å². The van der Waals surface area contributed by atoms with Gasteiger partial charge in [-0.1, -0.05) is 48.5 Å². The molecule has 29 heavy (non-hydrogen) atoms. The van der Waals surface area contributed by atoms with Gasteiger partial charge in [0, 0.05) is 32.1 Å². The van der Waals surface area contributed by atoms with Gasteiger partial charge in [-0.25, -0.2) is 0 Å². The molecule has 1 saturated carbocycles. The Morgan fingerprint density at radius 1 is 1.10 bits per heavy atom. The molecule has 1 saturated heterocycles. The molecule has 0 aromatic heterocycles. The van der Waals surface area contributed by atoms with Crippen LogP contribution < -0.4 is 5.32 Å². The molecule has 1 atom stereocenters. The van der Waals surface area contributed by atoms with E-state index in [0.717, 1.165) is 36.1 Å². The summed E-state index contributed by atoms with van der Waals surface area (Å²) in [6.45, 7) is 1.96. The van der Waals surface area contributed by atoms with E-state index in [1.54, 1.807) is 0 Å². The highest BCUT2D eigenvalue weighted by atomic mass is 16.2. The largest absolute Gasteiger partial charge is 0.352 e. The molecular formula is C24H29N3O2. The van der Waals surface area contributed by atoms with Gasteiger partial charge in [-0.15, -0.1) is 0 Å². The van der Waals surface area contributed by atoms with Crippen molar-refractivity contribution in [1.29, 1.82) is 0 Å². The molecule has 0 bridgehead atoms. The van der Waals surface area contributed by atoms with Gasteiger partial charge >= 0.3 is 0 Å². The molecular weight excluding hydrogens is 362 g/mol. The van der Waals surface area contributed by atoms with E-state index in [-0.39, 0.29) is 17.7 Å². The minimum absolute atomic E-state index is 0.0161. The summed E-state index contributed by atoms with van der Waals surface area (Å²) >= 11 is 0. The molecule has 152 valence electrons. The molecule has 2 fully saturated rings. The first-order chi connectivity index (χ1) is 14.0. The molecule has 2 amide bonds. The molecule has 4 rings (SSSR count). The SMILES string of the molecule is CN(C)Cc1ccc(-c2ccccc2CNC(=O)C2CC(=O)N(C3CC3)C2)cc1. The molecule has 5 heteroatoms. The fourth-order valence-electron chi connectivity index (χ4n) is 4.08. The maximum absolute atomic E-state index is 12.7. The van der Waals surface area contributed by atoms with E-state index >= 15 is 0 Å². The van der Waals surface area contributed by atoms with Crippen molar-refractivity contribution in [3.8, 4) is 11.1 Å². The summed E-state index contributed by atoms with van der Waals surface area (Å²) in [5.74, 6) is -0.107. The Hall–Kier alpha value is -2.66. The summed E-state index contributed by atoms with van der Waals surface area (Å²) < 4.78 is 0. The second-order valence-corrected chi connectivity index (χ2v) is 8.49. The second kappa shape index (κ2) is 8.37. The number of likely N-dealkylation sites (tertiary alicyclic amines) is 1. The van der Waals surface area contributed by atoms with Gasteiger partial charge in [0.15, 0.2) is 0 Å². The monoisotopic (exact) mass is 391 g/mol. The lowest BCUT2D eigenvalue weighted by atomic mass is 9.98. The Bertz CT molecular complexity index is 887. The van der Waals surface area contributed by atoms with E-state index in [4.69, 9.17) is 0 Å². The van der Waals surface area contributed by atoms with Gasteiger partial charge in [-0.2, -0.15) is 0 Å². The Balaban J connectivity index is 1.41. The van der Waals surface area contributed by atoms with Crippen molar-refractivity contribution in [3.63, 3.8) is 0 Å². The highest BCUT2D eigenvalue weighted by molar-refractivity contribution is 5.89. The van der Waals surface area contributed by atoms with Crippen LogP contribution in [0, 0.1) is 5.92 Å². The number of hydrogen-bond acceptors (Lipinski definition) is 3. The molecule has 1 aliphatic heterocycles. The van der Waals surface area contributed by atoms with Gasteiger partial charge in [0.05, 0.1) is 5.92 Å². The van der Waals surface area contributed by atoms with Crippen LogP contribution in [0.2, 0.25) is 0 Å². The van der Waals surface area contributed by atoms with Gasteiger partial charge < -0.3 is 15.1 Å². The molecule has 1 heterocycles. The summed E-state index contributed by atoms with van der Waals surface area (Å²) in [7, 11) is 4.13. The predicted octanol–water partition coefficient (Wildman–Crippen LogP) is 3.04. The Kier molecular flexibility index (Phi) is 5.67. The zero-order valence-electron chi connectivity index (χ0n) is 17.2. The maximum Gasteiger partial charge on any atom is 0.225 e. The first-order valence-electron chi connectivity index (χ1n) is 10.4. The van der Waals surface area contributed by atoms with Gasteiger partial charge in [-0.05, 0) is 49.2 Å². The Morgan fingerprint density at radius 3 is 2.52 bits per heavy atom. The summed E-state index contributed by atoms with van der Waals surface area (Å²) in [6.07, 6.45) is 2.51. The van der Waals surface area contributed by atoms with Crippen molar-refractivity contribution in [1.82, 2.24) is 15.1 Å². The number of nitrogens with zero attached hydrogens (tertiary/aromatic N) is 2. The lowest BCUT2D eigenvalue weighted by molar-refractivity contribution is -0.129. The summed E-state index contributed by atoms with van der Waals surface area (Å²) in [5, 5.41) is 3.06. The van der Waals surface area contributed by atoms with Crippen LogP contribution in [0.15, 0.2) is 48.5 Å². The minimum Gasteiger partial charge on any atom is -0.352 e. The number of carbonyl (C=O) groups excluding carboxylic acids is 2. The normalized spacial score (nSPS) is 19.1. The average molecular weight is 392 g/mol. The summed E-state index contributed by atoms with van der Waals surface area (Å²) in [6, 6.07) is 17.2. The lowest BCUT2D eigenvalue weighted by Gasteiger charge is -2.16. The van der Waals surface area contributed by atoms with Gasteiger partial charge in [0.2, 0.25) is 11.8 Å². The third kappa shape index (κ3) is 4.67. The minimum atomic E-state index is -0.222. The average Bonchev–Trinajstić information content (AvgIpc) is 3.48. The topological polar surface area (TPSA) is 52.7 Å². The van der Waals surface area contributed by atoms with Gasteiger partial charge in [-0.3, -0.25) is 9.59 Å². The number of nitrogens with one attached hydrogen (secondary N) is 1. The summed E-state index contributed by atoms with van der Waals surface area (Å²) in [5.41, 5.74) is 4.64. The number of benzene rings is 2. The molecule has 5 nitrogen and oxygen atoms in total. The predicted molar refractivity (Wildman–Crippen MR) is 114 cm³/mol. The van der Waals surface area contributed by atoms with Crippen molar-refractivity contribution in [2.45, 2.75) is 38.4 Å². The first kappa shape index (κ1) is 19.6. The molecule has 2 aromatic carbocycles. The van der Waals surface area contributed by atoms with E-state index in [0.29, 0.717) is 25.6 Å². The first-order valence-corrected chi connectivity index (χ1v) is 10.4. The molecule has 1 aliphatic carbocycles. The van der Waals surface area contributed by atoms with E-state index in [9.17, 15) is 9.59 Å². The van der Waals surface area contributed by atoms with Crippen LogP contribution in [0.5, 0.6) is 0 Å². The van der Waals surface area contributed by atoms with E-state index in [2.05, 4.69) is 60.7 Å². The van der Waals surface area contributed by atoms with Crippen molar-refractivity contribution in [2.24, 2.45) is 5.92 Å². The zero-order chi connectivity index (χ0) is 20.4. The van der Waals surface area contributed by atoms with E-state index in [1.165, 1.54) is 5.56 Å². The van der Waals surface area contributed by atoms with Crippen LogP contribution in [0.1, 0.15) is 30.4 Å². The van der Waals surface area contributed by atoms with Crippen LogP contribution in [-0.2, 0) is 22.7 Å². The standard InChI is InChI=1S/C24H29N3O2/c1-26(2)15-17-7-9-18(10-8-17)22-6-4-3-5-19(22)14-25-24(29)20-13-23(28)27(16-20)21-11-12-21/h3-10,20-21H,11-16H2,1-2H3,(H,25,29). The lowest BCUT2D eigenvalue weighted by Crippen LogP contribution is -2.33. The van der Waals surface area contributed by atoms with Crippen LogP contribution in [0.25, 0.3) is 11.1 Å². The molecule has 2 aliphatic rings. The highest BCUT2D eigenvalue weighted by Crippen LogP contribution is 2.32. The van der Waals surface area contributed by atoms with Crippen LogP contribution in [0.4, 0.5) is 0 Å². The zero-order valence-corrected chi connectivity index (χ0v) is 17.2. The fraction of sp³-hybridized carbons (Fsp3) is 0.417. The number of rotatable bonds is 7. The Labute approximate surface area is 172 Å². The molecule has 1 N–H and O–H groups in total. The molecule has 0 radical (unpaired) electrons. The second-order valence-electron chi connectivity index (χ2n) is 8.49. The van der Waals surface area contributed by atoms with E-state index < -0.39 is 0 Å². The third-order valence-corrected chi connectivity index (χ3v) is 5.75. The number of carbonyl (C=O) groups is 2. The van der Waals surface area contributed by atoms with Crippen molar-refractivity contribution in [2.75, 3.05) is 20.6 Å². The molecule has 0 spiro atoms. The third-order valence-electron chi connectivity index (χ3n) is 5.75. The number of hydrogen-bond donors (Lipinski definition) is 1. The van der Waals surface area contributed by atoms with E-state index in [1.807, 2.05) is 17.0 Å².